The van der Waals surface area contributed by atoms with Crippen molar-refractivity contribution in [2.75, 3.05) is 42.5 Å². The second-order valence-corrected chi connectivity index (χ2v) is 6.03. The van der Waals surface area contributed by atoms with E-state index in [1.54, 1.807) is 6.07 Å². The third-order valence-electron chi connectivity index (χ3n) is 4.10. The number of aryl methyl sites for hydroxylation is 2. The average molecular weight is 341 g/mol. The summed E-state index contributed by atoms with van der Waals surface area (Å²) in [5.74, 6) is 2.37. The molecular weight excluding hydrogens is 318 g/mol. The van der Waals surface area contributed by atoms with Gasteiger partial charge in [-0.15, -0.1) is 10.2 Å². The van der Waals surface area contributed by atoms with Crippen molar-refractivity contribution in [1.29, 1.82) is 0 Å². The van der Waals surface area contributed by atoms with Gasteiger partial charge in [0.15, 0.2) is 11.5 Å². The Morgan fingerprint density at radius 1 is 1.04 bits per heavy atom. The van der Waals surface area contributed by atoms with Crippen LogP contribution in [0.1, 0.15) is 28.9 Å². The minimum absolute atomic E-state index is 0.194. The number of carbonyl (C=O) groups excluding carboxylic acids is 1. The first-order valence-corrected chi connectivity index (χ1v) is 8.51. The predicted molar refractivity (Wildman–Crippen MR) is 96.0 cm³/mol. The number of hydrogen-bond donors (Lipinski definition) is 1. The summed E-state index contributed by atoms with van der Waals surface area (Å²) in [7, 11) is 0. The van der Waals surface area contributed by atoms with Crippen molar-refractivity contribution < 1.29 is 4.79 Å². The maximum absolute atomic E-state index is 11.7. The molecule has 1 aliphatic heterocycles. The number of nitrogens with one attached hydrogen (secondary N) is 1. The lowest BCUT2D eigenvalue weighted by Crippen LogP contribution is -2.47. The zero-order chi connectivity index (χ0) is 17.8. The molecule has 0 aromatic carbocycles. The molecule has 1 N–H and O–H groups in total. The van der Waals surface area contributed by atoms with Gasteiger partial charge >= 0.3 is 0 Å². The molecule has 0 radical (unpaired) electrons. The van der Waals surface area contributed by atoms with Crippen molar-refractivity contribution in [2.45, 2.75) is 20.8 Å². The van der Waals surface area contributed by atoms with E-state index in [2.05, 4.69) is 35.3 Å². The zero-order valence-electron chi connectivity index (χ0n) is 14.9. The Hall–Kier alpha value is -2.77. The Bertz CT molecular complexity index is 719. The maximum Gasteiger partial charge on any atom is 0.271 e. The third kappa shape index (κ3) is 4.01. The van der Waals surface area contributed by atoms with E-state index in [1.165, 1.54) is 0 Å². The standard InChI is InChI=1S/C17H23N7O/c1-4-18-17(25)14-5-6-15(22-21-14)23-7-9-24(10-8-23)16-11-12(2)19-13(3)20-16/h5-6,11H,4,7-10H2,1-3H3,(H,18,25). The molecule has 2 aromatic rings. The van der Waals surface area contributed by atoms with Gasteiger partial charge in [0, 0.05) is 44.5 Å². The molecule has 1 amide bonds. The van der Waals surface area contributed by atoms with Gasteiger partial charge in [-0.2, -0.15) is 0 Å². The summed E-state index contributed by atoms with van der Waals surface area (Å²) < 4.78 is 0. The van der Waals surface area contributed by atoms with Crippen LogP contribution in [0.3, 0.4) is 0 Å². The summed E-state index contributed by atoms with van der Waals surface area (Å²) in [5, 5.41) is 11.0. The molecule has 3 rings (SSSR count). The molecule has 0 aliphatic carbocycles. The van der Waals surface area contributed by atoms with Crippen molar-refractivity contribution >= 4 is 17.5 Å². The van der Waals surface area contributed by atoms with E-state index in [-0.39, 0.29) is 5.91 Å². The van der Waals surface area contributed by atoms with Gasteiger partial charge in [0.2, 0.25) is 0 Å². The van der Waals surface area contributed by atoms with Crippen molar-refractivity contribution in [3.63, 3.8) is 0 Å². The molecule has 0 unspecified atom stereocenters. The molecule has 0 atom stereocenters. The van der Waals surface area contributed by atoms with Crippen LogP contribution in [-0.2, 0) is 0 Å². The summed E-state index contributed by atoms with van der Waals surface area (Å²) >= 11 is 0. The van der Waals surface area contributed by atoms with Crippen LogP contribution in [0, 0.1) is 13.8 Å². The van der Waals surface area contributed by atoms with Crippen LogP contribution in [-0.4, -0.2) is 58.8 Å². The van der Waals surface area contributed by atoms with E-state index in [0.29, 0.717) is 12.2 Å². The predicted octanol–water partition coefficient (Wildman–Crippen LogP) is 0.960. The zero-order valence-corrected chi connectivity index (χ0v) is 14.9. The number of anilines is 2. The highest BCUT2D eigenvalue weighted by molar-refractivity contribution is 5.92. The molecule has 1 saturated heterocycles. The minimum Gasteiger partial charge on any atom is -0.353 e. The summed E-state index contributed by atoms with van der Waals surface area (Å²) in [6, 6.07) is 5.59. The number of amides is 1. The van der Waals surface area contributed by atoms with Gasteiger partial charge in [-0.1, -0.05) is 0 Å². The molecule has 1 aliphatic rings. The summed E-state index contributed by atoms with van der Waals surface area (Å²) in [4.78, 5) is 25.0. The van der Waals surface area contributed by atoms with Gasteiger partial charge in [-0.25, -0.2) is 9.97 Å². The second kappa shape index (κ2) is 7.42. The first kappa shape index (κ1) is 17.1. The van der Waals surface area contributed by atoms with Crippen LogP contribution in [0.25, 0.3) is 0 Å². The molecule has 0 spiro atoms. The fraction of sp³-hybridized carbons (Fsp3) is 0.471. The van der Waals surface area contributed by atoms with Crippen LogP contribution >= 0.6 is 0 Å². The molecule has 2 aromatic heterocycles. The maximum atomic E-state index is 11.7. The molecular formula is C17H23N7O. The molecule has 0 bridgehead atoms. The molecule has 0 saturated carbocycles. The van der Waals surface area contributed by atoms with E-state index in [0.717, 1.165) is 49.3 Å². The molecule has 8 nitrogen and oxygen atoms in total. The average Bonchev–Trinajstić information content (AvgIpc) is 2.61. The Morgan fingerprint density at radius 2 is 1.72 bits per heavy atom. The van der Waals surface area contributed by atoms with Crippen LogP contribution in [0.2, 0.25) is 0 Å². The molecule has 3 heterocycles. The lowest BCUT2D eigenvalue weighted by Gasteiger charge is -2.35. The van der Waals surface area contributed by atoms with Crippen LogP contribution in [0.5, 0.6) is 0 Å². The summed E-state index contributed by atoms with van der Waals surface area (Å²) in [5.41, 5.74) is 1.33. The fourth-order valence-corrected chi connectivity index (χ4v) is 2.89. The fourth-order valence-electron chi connectivity index (χ4n) is 2.89. The van der Waals surface area contributed by atoms with Crippen molar-refractivity contribution in [2.24, 2.45) is 0 Å². The summed E-state index contributed by atoms with van der Waals surface area (Å²) in [6.07, 6.45) is 0. The van der Waals surface area contributed by atoms with E-state index in [9.17, 15) is 4.79 Å². The Labute approximate surface area is 147 Å². The highest BCUT2D eigenvalue weighted by Crippen LogP contribution is 2.18. The van der Waals surface area contributed by atoms with Gasteiger partial charge in [-0.3, -0.25) is 4.79 Å². The Morgan fingerprint density at radius 3 is 2.28 bits per heavy atom. The van der Waals surface area contributed by atoms with Crippen LogP contribution < -0.4 is 15.1 Å². The number of nitrogens with zero attached hydrogens (tertiary/aromatic N) is 6. The van der Waals surface area contributed by atoms with Gasteiger partial charge < -0.3 is 15.1 Å². The quantitative estimate of drug-likeness (QED) is 0.886. The van der Waals surface area contributed by atoms with Gasteiger partial charge in [0.05, 0.1) is 0 Å². The van der Waals surface area contributed by atoms with Crippen LogP contribution in [0.15, 0.2) is 18.2 Å². The summed E-state index contributed by atoms with van der Waals surface area (Å²) in [6.45, 7) is 9.73. The Kier molecular flexibility index (Phi) is 5.06. The van der Waals surface area contributed by atoms with E-state index in [4.69, 9.17) is 0 Å². The monoisotopic (exact) mass is 341 g/mol. The van der Waals surface area contributed by atoms with Crippen molar-refractivity contribution in [1.82, 2.24) is 25.5 Å². The van der Waals surface area contributed by atoms with Crippen molar-refractivity contribution in [3.8, 4) is 0 Å². The Balaban J connectivity index is 1.63. The third-order valence-corrected chi connectivity index (χ3v) is 4.10. The van der Waals surface area contributed by atoms with Gasteiger partial charge in [0.1, 0.15) is 11.6 Å². The number of hydrogen-bond acceptors (Lipinski definition) is 7. The topological polar surface area (TPSA) is 87.1 Å². The van der Waals surface area contributed by atoms with Gasteiger partial charge in [-0.05, 0) is 32.9 Å². The SMILES string of the molecule is CCNC(=O)c1ccc(N2CCN(c3cc(C)nc(C)n3)CC2)nn1. The lowest BCUT2D eigenvalue weighted by molar-refractivity contribution is 0.0950. The lowest BCUT2D eigenvalue weighted by atomic mass is 10.3. The second-order valence-electron chi connectivity index (χ2n) is 6.03. The number of aromatic nitrogens is 4. The minimum atomic E-state index is -0.194. The molecule has 1 fully saturated rings. The first-order chi connectivity index (χ1) is 12.1. The van der Waals surface area contributed by atoms with E-state index < -0.39 is 0 Å². The van der Waals surface area contributed by atoms with E-state index >= 15 is 0 Å². The van der Waals surface area contributed by atoms with Gasteiger partial charge in [0.25, 0.3) is 5.91 Å². The van der Waals surface area contributed by atoms with Crippen molar-refractivity contribution in [3.05, 3.63) is 35.4 Å². The first-order valence-electron chi connectivity index (χ1n) is 8.51. The number of carbonyl (C=O) groups is 1. The smallest absolute Gasteiger partial charge is 0.271 e. The number of piperazine rings is 1. The largest absolute Gasteiger partial charge is 0.353 e. The number of rotatable bonds is 4. The van der Waals surface area contributed by atoms with Crippen LogP contribution in [0.4, 0.5) is 11.6 Å². The molecule has 25 heavy (non-hydrogen) atoms. The molecule has 132 valence electrons. The van der Waals surface area contributed by atoms with E-state index in [1.807, 2.05) is 32.9 Å². The highest BCUT2D eigenvalue weighted by Gasteiger charge is 2.20. The molecule has 8 heteroatoms. The highest BCUT2D eigenvalue weighted by atomic mass is 16.1. The normalized spacial score (nSPS) is 14.5.